The van der Waals surface area contributed by atoms with Crippen molar-refractivity contribution in [3.8, 4) is 0 Å². The van der Waals surface area contributed by atoms with E-state index in [4.69, 9.17) is 16.6 Å². The van der Waals surface area contributed by atoms with E-state index >= 15 is 0 Å². The van der Waals surface area contributed by atoms with E-state index in [2.05, 4.69) is 13.8 Å². The standard InChI is InChI=1S/C26H22ClFN2OS/c1-3-17-8-12-19(13-9-17)29-26-30(20-14-10-18(4-2)11-15-20)25(31)24(32-26)16-21-22(27)6-5-7-23(21)28/h5-16H,3-4H2,1-2H3. The van der Waals surface area contributed by atoms with Gasteiger partial charge in [-0.25, -0.2) is 9.38 Å². The van der Waals surface area contributed by atoms with Crippen LogP contribution >= 0.6 is 23.4 Å². The number of amides is 1. The lowest BCUT2D eigenvalue weighted by atomic mass is 10.1. The molecule has 0 saturated carbocycles. The molecule has 0 radical (unpaired) electrons. The molecule has 1 amide bonds. The third-order valence-corrected chi connectivity index (χ3v) is 6.55. The minimum atomic E-state index is -0.474. The Morgan fingerprint density at radius 2 is 1.59 bits per heavy atom. The van der Waals surface area contributed by atoms with Crippen LogP contribution in [0.25, 0.3) is 6.08 Å². The van der Waals surface area contributed by atoms with Crippen molar-refractivity contribution in [1.29, 1.82) is 0 Å². The zero-order valence-corrected chi connectivity index (χ0v) is 19.4. The average Bonchev–Trinajstić information content (AvgIpc) is 3.11. The van der Waals surface area contributed by atoms with Crippen LogP contribution in [-0.4, -0.2) is 11.1 Å². The molecule has 6 heteroatoms. The maximum atomic E-state index is 14.4. The van der Waals surface area contributed by atoms with E-state index in [1.165, 1.54) is 41.1 Å². The zero-order chi connectivity index (χ0) is 22.7. The summed E-state index contributed by atoms with van der Waals surface area (Å²) in [6.45, 7) is 4.18. The quantitative estimate of drug-likeness (QED) is 0.368. The van der Waals surface area contributed by atoms with E-state index in [0.29, 0.717) is 15.8 Å². The molecular weight excluding hydrogens is 443 g/mol. The molecule has 1 fully saturated rings. The van der Waals surface area contributed by atoms with Crippen molar-refractivity contribution in [2.75, 3.05) is 4.90 Å². The smallest absolute Gasteiger partial charge is 0.268 e. The molecule has 0 bridgehead atoms. The summed E-state index contributed by atoms with van der Waals surface area (Å²) in [5.74, 6) is -0.736. The number of aryl methyl sites for hydroxylation is 2. The Labute approximate surface area is 196 Å². The van der Waals surface area contributed by atoms with Gasteiger partial charge in [0.2, 0.25) is 0 Å². The van der Waals surface area contributed by atoms with Crippen molar-refractivity contribution >= 4 is 51.9 Å². The fourth-order valence-electron chi connectivity index (χ4n) is 3.35. The largest absolute Gasteiger partial charge is 0.271 e. The molecule has 0 unspecified atom stereocenters. The molecule has 1 aliphatic heterocycles. The molecule has 0 aliphatic carbocycles. The van der Waals surface area contributed by atoms with Crippen molar-refractivity contribution in [3.63, 3.8) is 0 Å². The maximum Gasteiger partial charge on any atom is 0.271 e. The Balaban J connectivity index is 1.78. The van der Waals surface area contributed by atoms with Gasteiger partial charge in [0.05, 0.1) is 21.3 Å². The molecule has 0 spiro atoms. The molecule has 3 nitrogen and oxygen atoms in total. The second-order valence-corrected chi connectivity index (χ2v) is 8.74. The van der Waals surface area contributed by atoms with Gasteiger partial charge in [0.25, 0.3) is 5.91 Å². The van der Waals surface area contributed by atoms with Crippen LogP contribution in [-0.2, 0) is 17.6 Å². The van der Waals surface area contributed by atoms with E-state index in [-0.39, 0.29) is 16.5 Å². The number of rotatable bonds is 5. The lowest BCUT2D eigenvalue weighted by Gasteiger charge is -2.16. The summed E-state index contributed by atoms with van der Waals surface area (Å²) in [6, 6.07) is 20.2. The lowest BCUT2D eigenvalue weighted by molar-refractivity contribution is -0.113. The number of anilines is 1. The van der Waals surface area contributed by atoms with Crippen LogP contribution in [0.3, 0.4) is 0 Å². The Hall–Kier alpha value is -2.89. The first-order chi connectivity index (χ1) is 15.5. The molecule has 0 atom stereocenters. The van der Waals surface area contributed by atoms with Gasteiger partial charge in [-0.1, -0.05) is 55.8 Å². The van der Waals surface area contributed by atoms with E-state index in [1.807, 2.05) is 48.5 Å². The molecule has 32 heavy (non-hydrogen) atoms. The van der Waals surface area contributed by atoms with Crippen molar-refractivity contribution in [2.45, 2.75) is 26.7 Å². The molecule has 1 aliphatic rings. The van der Waals surface area contributed by atoms with Crippen LogP contribution in [0.1, 0.15) is 30.5 Å². The number of halogens is 2. The molecular formula is C26H22ClFN2OS. The molecule has 0 aromatic heterocycles. The van der Waals surface area contributed by atoms with Gasteiger partial charge in [-0.15, -0.1) is 0 Å². The van der Waals surface area contributed by atoms with Crippen LogP contribution < -0.4 is 4.90 Å². The number of thioether (sulfide) groups is 1. The summed E-state index contributed by atoms with van der Waals surface area (Å²) in [5, 5.41) is 0.771. The minimum Gasteiger partial charge on any atom is -0.268 e. The molecule has 1 heterocycles. The summed E-state index contributed by atoms with van der Waals surface area (Å²) in [7, 11) is 0. The summed E-state index contributed by atoms with van der Waals surface area (Å²) in [4.78, 5) is 20.0. The Bertz CT molecular complexity index is 1180. The van der Waals surface area contributed by atoms with E-state index in [0.717, 1.165) is 18.5 Å². The number of carbonyl (C=O) groups excluding carboxylic acids is 1. The van der Waals surface area contributed by atoms with Gasteiger partial charge in [0.15, 0.2) is 5.17 Å². The van der Waals surface area contributed by atoms with Crippen LogP contribution in [0.2, 0.25) is 5.02 Å². The maximum absolute atomic E-state index is 14.4. The van der Waals surface area contributed by atoms with Gasteiger partial charge in [-0.3, -0.25) is 9.69 Å². The SMILES string of the molecule is CCc1ccc(N=C2SC(=Cc3c(F)cccc3Cl)C(=O)N2c2ccc(CC)cc2)cc1. The molecule has 1 saturated heterocycles. The van der Waals surface area contributed by atoms with Gasteiger partial charge in [-0.2, -0.15) is 0 Å². The summed E-state index contributed by atoms with van der Waals surface area (Å²) < 4.78 is 14.4. The lowest BCUT2D eigenvalue weighted by Crippen LogP contribution is -2.28. The third-order valence-electron chi connectivity index (χ3n) is 5.25. The van der Waals surface area contributed by atoms with Gasteiger partial charge in [0, 0.05) is 5.56 Å². The predicted molar refractivity (Wildman–Crippen MR) is 133 cm³/mol. The first-order valence-corrected chi connectivity index (χ1v) is 11.6. The van der Waals surface area contributed by atoms with Crippen molar-refractivity contribution in [3.05, 3.63) is 99.2 Å². The number of carbonyl (C=O) groups is 1. The Morgan fingerprint density at radius 1 is 0.969 bits per heavy atom. The molecule has 3 aromatic rings. The van der Waals surface area contributed by atoms with Crippen LogP contribution in [0.5, 0.6) is 0 Å². The third kappa shape index (κ3) is 4.64. The average molecular weight is 465 g/mol. The van der Waals surface area contributed by atoms with E-state index in [1.54, 1.807) is 11.0 Å². The summed E-state index contributed by atoms with van der Waals surface area (Å²) >= 11 is 7.40. The Morgan fingerprint density at radius 3 is 2.19 bits per heavy atom. The van der Waals surface area contributed by atoms with Crippen molar-refractivity contribution in [1.82, 2.24) is 0 Å². The highest BCUT2D eigenvalue weighted by molar-refractivity contribution is 8.19. The van der Waals surface area contributed by atoms with Gasteiger partial charge in [0.1, 0.15) is 5.82 Å². The van der Waals surface area contributed by atoms with Crippen molar-refractivity contribution in [2.24, 2.45) is 4.99 Å². The van der Waals surface area contributed by atoms with E-state index < -0.39 is 5.82 Å². The van der Waals surface area contributed by atoms with Gasteiger partial charge in [-0.05, 0) is 78.2 Å². The summed E-state index contributed by atoms with van der Waals surface area (Å²) in [5.41, 5.74) is 4.05. The highest BCUT2D eigenvalue weighted by atomic mass is 35.5. The number of amidine groups is 1. The topological polar surface area (TPSA) is 32.7 Å². The second-order valence-electron chi connectivity index (χ2n) is 7.32. The van der Waals surface area contributed by atoms with Gasteiger partial charge < -0.3 is 0 Å². The number of hydrogen-bond acceptors (Lipinski definition) is 3. The number of benzene rings is 3. The van der Waals surface area contributed by atoms with Crippen LogP contribution in [0, 0.1) is 5.82 Å². The number of nitrogens with zero attached hydrogens (tertiary/aromatic N) is 2. The fraction of sp³-hybridized carbons (Fsp3) is 0.154. The van der Waals surface area contributed by atoms with E-state index in [9.17, 15) is 9.18 Å². The monoisotopic (exact) mass is 464 g/mol. The first-order valence-electron chi connectivity index (χ1n) is 10.4. The minimum absolute atomic E-state index is 0.194. The molecule has 162 valence electrons. The number of hydrogen-bond donors (Lipinski definition) is 0. The second kappa shape index (κ2) is 9.72. The molecule has 0 N–H and O–H groups in total. The molecule has 4 rings (SSSR count). The summed E-state index contributed by atoms with van der Waals surface area (Å²) in [6.07, 6.45) is 3.35. The zero-order valence-electron chi connectivity index (χ0n) is 17.8. The fourth-order valence-corrected chi connectivity index (χ4v) is 4.55. The van der Waals surface area contributed by atoms with Crippen molar-refractivity contribution < 1.29 is 9.18 Å². The Kier molecular flexibility index (Phi) is 6.77. The first kappa shape index (κ1) is 22.3. The predicted octanol–water partition coefficient (Wildman–Crippen LogP) is 7.41. The number of aliphatic imine (C=N–C) groups is 1. The molecule has 3 aromatic carbocycles. The highest BCUT2D eigenvalue weighted by Crippen LogP contribution is 2.38. The van der Waals surface area contributed by atoms with Crippen LogP contribution in [0.15, 0.2) is 76.6 Å². The van der Waals surface area contributed by atoms with Gasteiger partial charge >= 0.3 is 0 Å². The normalized spacial score (nSPS) is 16.4. The van der Waals surface area contributed by atoms with Crippen LogP contribution in [0.4, 0.5) is 15.8 Å². The highest BCUT2D eigenvalue weighted by Gasteiger charge is 2.35.